The minimum atomic E-state index is 0.337. The van der Waals surface area contributed by atoms with Crippen molar-refractivity contribution in [2.75, 3.05) is 6.54 Å². The Morgan fingerprint density at radius 1 is 1.22 bits per heavy atom. The summed E-state index contributed by atoms with van der Waals surface area (Å²) in [7, 11) is 1.96. The van der Waals surface area contributed by atoms with Crippen LogP contribution in [0.1, 0.15) is 58.2 Å². The van der Waals surface area contributed by atoms with Crippen molar-refractivity contribution in [2.24, 2.45) is 13.0 Å². The van der Waals surface area contributed by atoms with Gasteiger partial charge in [-0.2, -0.15) is 0 Å². The van der Waals surface area contributed by atoms with Gasteiger partial charge in [0, 0.05) is 7.05 Å². The molecule has 18 heavy (non-hydrogen) atoms. The molecule has 1 rings (SSSR count). The van der Waals surface area contributed by atoms with E-state index < -0.39 is 0 Å². The third-order valence-corrected chi connectivity index (χ3v) is 3.90. The van der Waals surface area contributed by atoms with Crippen LogP contribution in [0.2, 0.25) is 0 Å². The molecule has 0 fully saturated rings. The van der Waals surface area contributed by atoms with Gasteiger partial charge in [-0.3, -0.25) is 0 Å². The molecule has 0 saturated heterocycles. The van der Waals surface area contributed by atoms with E-state index in [1.165, 1.54) is 31.4 Å². The molecule has 1 N–H and O–H groups in total. The van der Waals surface area contributed by atoms with E-state index in [0.29, 0.717) is 12.0 Å². The van der Waals surface area contributed by atoms with Gasteiger partial charge >= 0.3 is 0 Å². The lowest BCUT2D eigenvalue weighted by Crippen LogP contribution is -2.30. The molecule has 104 valence electrons. The first-order valence-corrected chi connectivity index (χ1v) is 7.73. The van der Waals surface area contributed by atoms with Gasteiger partial charge in [0.2, 0.25) is 0 Å². The Bertz CT molecular complexity index is 325. The Morgan fingerprint density at radius 2 is 1.83 bits per heavy atom. The lowest BCUT2D eigenvalue weighted by Gasteiger charge is -2.27. The molecule has 0 aliphatic carbocycles. The third kappa shape index (κ3) is 3.79. The van der Waals surface area contributed by atoms with Crippen molar-refractivity contribution < 1.29 is 0 Å². The van der Waals surface area contributed by atoms with Gasteiger partial charge < -0.3 is 5.32 Å². The molecule has 0 spiro atoms. The standard InChI is InChI=1S/C13H25BrN4/c1-5-8-10(9-6-2)11(15-7-3)12-13(14)16-17-18(12)4/h10-11,15H,5-9H2,1-4H3. The number of hydrogen-bond donors (Lipinski definition) is 1. The molecule has 0 amide bonds. The summed E-state index contributed by atoms with van der Waals surface area (Å²) in [6.45, 7) is 7.62. The molecule has 0 aliphatic rings. The highest BCUT2D eigenvalue weighted by Crippen LogP contribution is 2.32. The topological polar surface area (TPSA) is 42.7 Å². The lowest BCUT2D eigenvalue weighted by atomic mass is 9.88. The van der Waals surface area contributed by atoms with E-state index in [4.69, 9.17) is 0 Å². The quantitative estimate of drug-likeness (QED) is 0.798. The van der Waals surface area contributed by atoms with Crippen LogP contribution in [0.25, 0.3) is 0 Å². The largest absolute Gasteiger partial charge is 0.309 e. The lowest BCUT2D eigenvalue weighted by molar-refractivity contribution is 0.307. The van der Waals surface area contributed by atoms with Crippen molar-refractivity contribution >= 4 is 15.9 Å². The summed E-state index contributed by atoms with van der Waals surface area (Å²) < 4.78 is 2.75. The average Bonchev–Trinajstić information content (AvgIpc) is 2.66. The number of aryl methyl sites for hydroxylation is 1. The van der Waals surface area contributed by atoms with Crippen LogP contribution >= 0.6 is 15.9 Å². The van der Waals surface area contributed by atoms with E-state index in [9.17, 15) is 0 Å². The first kappa shape index (κ1) is 15.6. The molecule has 4 nitrogen and oxygen atoms in total. The van der Waals surface area contributed by atoms with Gasteiger partial charge in [-0.05, 0) is 41.2 Å². The van der Waals surface area contributed by atoms with Crippen molar-refractivity contribution in [3.63, 3.8) is 0 Å². The minimum absolute atomic E-state index is 0.337. The van der Waals surface area contributed by atoms with Crippen LogP contribution in [-0.2, 0) is 7.05 Å². The van der Waals surface area contributed by atoms with Crippen LogP contribution < -0.4 is 5.32 Å². The van der Waals surface area contributed by atoms with E-state index in [0.717, 1.165) is 11.1 Å². The van der Waals surface area contributed by atoms with Gasteiger partial charge in [0.25, 0.3) is 0 Å². The molecule has 1 atom stereocenters. The highest BCUT2D eigenvalue weighted by atomic mass is 79.9. The molecular formula is C13H25BrN4. The van der Waals surface area contributed by atoms with E-state index in [1.807, 2.05) is 11.7 Å². The zero-order valence-corrected chi connectivity index (χ0v) is 13.5. The third-order valence-electron chi connectivity index (χ3n) is 3.34. The number of aromatic nitrogens is 3. The molecule has 1 unspecified atom stereocenters. The second-order valence-corrected chi connectivity index (χ2v) is 5.51. The number of nitrogens with zero attached hydrogens (tertiary/aromatic N) is 3. The van der Waals surface area contributed by atoms with E-state index in [1.54, 1.807) is 0 Å². The molecule has 0 bridgehead atoms. The molecule has 0 aliphatic heterocycles. The van der Waals surface area contributed by atoms with Crippen LogP contribution in [-0.4, -0.2) is 21.5 Å². The van der Waals surface area contributed by atoms with Crippen LogP contribution in [0.15, 0.2) is 4.60 Å². The Morgan fingerprint density at radius 3 is 2.22 bits per heavy atom. The number of hydrogen-bond acceptors (Lipinski definition) is 3. The maximum absolute atomic E-state index is 4.11. The van der Waals surface area contributed by atoms with Crippen molar-refractivity contribution in [1.82, 2.24) is 20.3 Å². The van der Waals surface area contributed by atoms with Crippen LogP contribution in [0.5, 0.6) is 0 Å². The van der Waals surface area contributed by atoms with Gasteiger partial charge in [0.05, 0.1) is 11.7 Å². The highest BCUT2D eigenvalue weighted by molar-refractivity contribution is 9.10. The SMILES string of the molecule is CCCC(CCC)C(NCC)c1c(Br)nnn1C. The zero-order chi connectivity index (χ0) is 13.5. The van der Waals surface area contributed by atoms with Crippen molar-refractivity contribution in [3.05, 3.63) is 10.3 Å². The maximum atomic E-state index is 4.11. The molecule has 5 heteroatoms. The fraction of sp³-hybridized carbons (Fsp3) is 0.846. The molecule has 1 aromatic heterocycles. The number of nitrogens with one attached hydrogen (secondary N) is 1. The van der Waals surface area contributed by atoms with Gasteiger partial charge in [-0.25, -0.2) is 4.68 Å². The van der Waals surface area contributed by atoms with Crippen LogP contribution in [0, 0.1) is 5.92 Å². The summed E-state index contributed by atoms with van der Waals surface area (Å²) in [6, 6.07) is 0.337. The predicted molar refractivity (Wildman–Crippen MR) is 78.4 cm³/mol. The van der Waals surface area contributed by atoms with Gasteiger partial charge in [-0.1, -0.05) is 38.8 Å². The molecule has 0 aromatic carbocycles. The smallest absolute Gasteiger partial charge is 0.153 e. The summed E-state index contributed by atoms with van der Waals surface area (Å²) >= 11 is 3.52. The molecule has 0 saturated carbocycles. The van der Waals surface area contributed by atoms with E-state index >= 15 is 0 Å². The van der Waals surface area contributed by atoms with Gasteiger partial charge in [-0.15, -0.1) is 5.10 Å². The Kier molecular flexibility index (Phi) is 6.86. The van der Waals surface area contributed by atoms with Crippen molar-refractivity contribution in [1.29, 1.82) is 0 Å². The van der Waals surface area contributed by atoms with Crippen LogP contribution in [0.4, 0.5) is 0 Å². The summed E-state index contributed by atoms with van der Waals surface area (Å²) in [6.07, 6.45) is 4.91. The van der Waals surface area contributed by atoms with Gasteiger partial charge in [0.1, 0.15) is 0 Å². The normalized spacial score (nSPS) is 13.2. The number of halogens is 1. The first-order chi connectivity index (χ1) is 8.65. The molecule has 0 radical (unpaired) electrons. The number of rotatable bonds is 8. The average molecular weight is 317 g/mol. The predicted octanol–water partition coefficient (Wildman–Crippen LogP) is 3.44. The first-order valence-electron chi connectivity index (χ1n) is 6.94. The summed E-state index contributed by atoms with van der Waals surface area (Å²) in [5, 5.41) is 11.8. The second-order valence-electron chi connectivity index (χ2n) is 4.76. The molecule has 1 aromatic rings. The minimum Gasteiger partial charge on any atom is -0.309 e. The highest BCUT2D eigenvalue weighted by Gasteiger charge is 2.26. The van der Waals surface area contributed by atoms with Crippen molar-refractivity contribution in [3.8, 4) is 0 Å². The van der Waals surface area contributed by atoms with Gasteiger partial charge in [0.15, 0.2) is 4.60 Å². The van der Waals surface area contributed by atoms with Crippen LogP contribution in [0.3, 0.4) is 0 Å². The zero-order valence-electron chi connectivity index (χ0n) is 11.9. The summed E-state index contributed by atoms with van der Waals surface area (Å²) in [5.74, 6) is 0.647. The van der Waals surface area contributed by atoms with E-state index in [2.05, 4.69) is 52.3 Å². The Labute approximate surface area is 119 Å². The molecular weight excluding hydrogens is 292 g/mol. The Hall–Kier alpha value is -0.420. The monoisotopic (exact) mass is 316 g/mol. The fourth-order valence-corrected chi connectivity index (χ4v) is 3.17. The van der Waals surface area contributed by atoms with E-state index in [-0.39, 0.29) is 0 Å². The molecule has 1 heterocycles. The summed E-state index contributed by atoms with van der Waals surface area (Å²) in [4.78, 5) is 0. The fourth-order valence-electron chi connectivity index (χ4n) is 2.59. The van der Waals surface area contributed by atoms with Crippen molar-refractivity contribution in [2.45, 2.75) is 52.5 Å². The Balaban J connectivity index is 2.98. The second kappa shape index (κ2) is 7.89. The summed E-state index contributed by atoms with van der Waals surface area (Å²) in [5.41, 5.74) is 1.17. The maximum Gasteiger partial charge on any atom is 0.153 e.